The number of ether oxygens (including phenoxy) is 1. The molecule has 0 aliphatic carbocycles. The van der Waals surface area contributed by atoms with Gasteiger partial charge >= 0.3 is 0 Å². The number of hydrogen-bond acceptors (Lipinski definition) is 3. The monoisotopic (exact) mass is 264 g/mol. The zero-order valence-electron chi connectivity index (χ0n) is 12.2. The molecule has 0 heterocycles. The first-order valence-corrected chi connectivity index (χ1v) is 6.55. The lowest BCUT2D eigenvalue weighted by Gasteiger charge is -2.17. The van der Waals surface area contributed by atoms with Crippen molar-refractivity contribution in [2.75, 3.05) is 13.7 Å². The Bertz CT molecular complexity index is 436. The molecule has 1 aromatic carbocycles. The number of rotatable bonds is 6. The predicted octanol–water partition coefficient (Wildman–Crippen LogP) is 1.79. The predicted molar refractivity (Wildman–Crippen MR) is 77.3 cm³/mol. The minimum absolute atomic E-state index is 0.113. The maximum absolute atomic E-state index is 11.6. The normalized spacial score (nSPS) is 11.2. The molecule has 1 aromatic rings. The third-order valence-electron chi connectivity index (χ3n) is 2.97. The Balaban J connectivity index is 2.38. The van der Waals surface area contributed by atoms with Crippen LogP contribution in [0.15, 0.2) is 18.2 Å². The number of carbonyl (C=O) groups excluding carboxylic acids is 1. The SMILES string of the molecule is COc1ccc(CCCNC(=O)C(C)(C)N)cc1C. The van der Waals surface area contributed by atoms with Gasteiger partial charge in [0.25, 0.3) is 0 Å². The van der Waals surface area contributed by atoms with E-state index in [0.717, 1.165) is 24.2 Å². The van der Waals surface area contributed by atoms with Gasteiger partial charge in [-0.25, -0.2) is 0 Å². The molecule has 0 bridgehead atoms. The molecule has 0 aliphatic heterocycles. The van der Waals surface area contributed by atoms with Gasteiger partial charge in [0.2, 0.25) is 5.91 Å². The molecule has 0 saturated heterocycles. The molecule has 0 unspecified atom stereocenters. The van der Waals surface area contributed by atoms with Crippen LogP contribution in [0.2, 0.25) is 0 Å². The molecule has 0 saturated carbocycles. The number of methoxy groups -OCH3 is 1. The second-order valence-corrected chi connectivity index (χ2v) is 5.39. The summed E-state index contributed by atoms with van der Waals surface area (Å²) in [4.78, 5) is 11.6. The fourth-order valence-corrected chi connectivity index (χ4v) is 1.82. The highest BCUT2D eigenvalue weighted by Crippen LogP contribution is 2.19. The minimum atomic E-state index is -0.809. The third kappa shape index (κ3) is 4.91. The standard InChI is InChI=1S/C15H24N2O2/c1-11-10-12(7-8-13(11)19-4)6-5-9-17-14(18)15(2,3)16/h7-8,10H,5-6,9,16H2,1-4H3,(H,17,18). The topological polar surface area (TPSA) is 64.3 Å². The summed E-state index contributed by atoms with van der Waals surface area (Å²) >= 11 is 0. The van der Waals surface area contributed by atoms with Crippen LogP contribution in [0.4, 0.5) is 0 Å². The van der Waals surface area contributed by atoms with Crippen LogP contribution >= 0.6 is 0 Å². The summed E-state index contributed by atoms with van der Waals surface area (Å²) in [6, 6.07) is 6.15. The molecular formula is C15H24N2O2. The minimum Gasteiger partial charge on any atom is -0.496 e. The summed E-state index contributed by atoms with van der Waals surface area (Å²) in [5.41, 5.74) is 7.27. The molecule has 0 aromatic heterocycles. The third-order valence-corrected chi connectivity index (χ3v) is 2.97. The first kappa shape index (κ1) is 15.5. The summed E-state index contributed by atoms with van der Waals surface area (Å²) in [5, 5.41) is 2.84. The number of nitrogens with one attached hydrogen (secondary N) is 1. The lowest BCUT2D eigenvalue weighted by atomic mass is 10.1. The quantitative estimate of drug-likeness (QED) is 0.770. The Morgan fingerprint density at radius 2 is 2.11 bits per heavy atom. The van der Waals surface area contributed by atoms with Crippen molar-refractivity contribution in [3.63, 3.8) is 0 Å². The Morgan fingerprint density at radius 1 is 1.42 bits per heavy atom. The van der Waals surface area contributed by atoms with E-state index in [1.54, 1.807) is 21.0 Å². The van der Waals surface area contributed by atoms with Gasteiger partial charge in [-0.15, -0.1) is 0 Å². The van der Waals surface area contributed by atoms with Crippen molar-refractivity contribution in [3.8, 4) is 5.75 Å². The lowest BCUT2D eigenvalue weighted by molar-refractivity contribution is -0.125. The molecule has 0 aliphatic rings. The molecule has 3 N–H and O–H groups in total. The first-order valence-electron chi connectivity index (χ1n) is 6.55. The number of aryl methyl sites for hydroxylation is 2. The molecule has 4 nitrogen and oxygen atoms in total. The van der Waals surface area contributed by atoms with Gasteiger partial charge in [-0.2, -0.15) is 0 Å². The van der Waals surface area contributed by atoms with Crippen LogP contribution in [0, 0.1) is 6.92 Å². The van der Waals surface area contributed by atoms with Crippen molar-refractivity contribution < 1.29 is 9.53 Å². The van der Waals surface area contributed by atoms with E-state index in [-0.39, 0.29) is 5.91 Å². The molecule has 1 rings (SSSR count). The van der Waals surface area contributed by atoms with Crippen LogP contribution in [-0.2, 0) is 11.2 Å². The van der Waals surface area contributed by atoms with Crippen LogP contribution in [0.3, 0.4) is 0 Å². The van der Waals surface area contributed by atoms with Crippen LogP contribution in [0.25, 0.3) is 0 Å². The first-order chi connectivity index (χ1) is 8.84. The molecule has 19 heavy (non-hydrogen) atoms. The smallest absolute Gasteiger partial charge is 0.239 e. The Hall–Kier alpha value is -1.55. The average Bonchev–Trinajstić information content (AvgIpc) is 2.33. The van der Waals surface area contributed by atoms with Crippen LogP contribution < -0.4 is 15.8 Å². The van der Waals surface area contributed by atoms with Crippen LogP contribution in [0.5, 0.6) is 5.75 Å². The maximum Gasteiger partial charge on any atom is 0.239 e. The van der Waals surface area contributed by atoms with E-state index in [2.05, 4.69) is 17.4 Å². The van der Waals surface area contributed by atoms with E-state index < -0.39 is 5.54 Å². The Labute approximate surface area is 115 Å². The van der Waals surface area contributed by atoms with Gasteiger partial charge in [0.05, 0.1) is 12.6 Å². The molecule has 4 heteroatoms. The van der Waals surface area contributed by atoms with Crippen molar-refractivity contribution in [2.45, 2.75) is 39.2 Å². The number of hydrogen-bond donors (Lipinski definition) is 2. The summed E-state index contributed by atoms with van der Waals surface area (Å²) in [5.74, 6) is 0.792. The van der Waals surface area contributed by atoms with E-state index in [1.807, 2.05) is 13.0 Å². The van der Waals surface area contributed by atoms with Crippen LogP contribution in [0.1, 0.15) is 31.4 Å². The van der Waals surface area contributed by atoms with E-state index >= 15 is 0 Å². The molecular weight excluding hydrogens is 240 g/mol. The maximum atomic E-state index is 11.6. The molecule has 0 atom stereocenters. The van der Waals surface area contributed by atoms with Crippen molar-refractivity contribution >= 4 is 5.91 Å². The molecule has 106 valence electrons. The summed E-state index contributed by atoms with van der Waals surface area (Å²) in [6.45, 7) is 6.08. The molecule has 0 radical (unpaired) electrons. The van der Waals surface area contributed by atoms with Gasteiger partial charge in [0.1, 0.15) is 5.75 Å². The van der Waals surface area contributed by atoms with Crippen molar-refractivity contribution in [1.29, 1.82) is 0 Å². The van der Waals surface area contributed by atoms with Gasteiger partial charge < -0.3 is 15.8 Å². The van der Waals surface area contributed by atoms with E-state index in [9.17, 15) is 4.79 Å². The number of nitrogens with two attached hydrogens (primary N) is 1. The Kier molecular flexibility index (Phi) is 5.36. The van der Waals surface area contributed by atoms with E-state index in [4.69, 9.17) is 10.5 Å². The number of benzene rings is 1. The van der Waals surface area contributed by atoms with Gasteiger partial charge in [0.15, 0.2) is 0 Å². The van der Waals surface area contributed by atoms with Crippen molar-refractivity contribution in [3.05, 3.63) is 29.3 Å². The average molecular weight is 264 g/mol. The van der Waals surface area contributed by atoms with E-state index in [1.165, 1.54) is 5.56 Å². The van der Waals surface area contributed by atoms with Gasteiger partial charge in [0, 0.05) is 6.54 Å². The lowest BCUT2D eigenvalue weighted by Crippen LogP contribution is -2.49. The molecule has 0 spiro atoms. The van der Waals surface area contributed by atoms with Gasteiger partial charge in [-0.05, 0) is 50.8 Å². The number of carbonyl (C=O) groups is 1. The molecule has 1 amide bonds. The fraction of sp³-hybridized carbons (Fsp3) is 0.533. The zero-order chi connectivity index (χ0) is 14.5. The van der Waals surface area contributed by atoms with Crippen LogP contribution in [-0.4, -0.2) is 25.1 Å². The van der Waals surface area contributed by atoms with Crippen molar-refractivity contribution in [2.24, 2.45) is 5.73 Å². The highest BCUT2D eigenvalue weighted by Gasteiger charge is 2.20. The highest BCUT2D eigenvalue weighted by atomic mass is 16.5. The second kappa shape index (κ2) is 6.57. The summed E-state index contributed by atoms with van der Waals surface area (Å²) < 4.78 is 5.22. The van der Waals surface area contributed by atoms with Crippen molar-refractivity contribution in [1.82, 2.24) is 5.32 Å². The van der Waals surface area contributed by atoms with Gasteiger partial charge in [-0.1, -0.05) is 12.1 Å². The molecule has 0 fully saturated rings. The zero-order valence-corrected chi connectivity index (χ0v) is 12.2. The fourth-order valence-electron chi connectivity index (χ4n) is 1.82. The summed E-state index contributed by atoms with van der Waals surface area (Å²) in [6.07, 6.45) is 1.82. The Morgan fingerprint density at radius 3 is 2.63 bits per heavy atom. The second-order valence-electron chi connectivity index (χ2n) is 5.39. The largest absolute Gasteiger partial charge is 0.496 e. The number of amides is 1. The van der Waals surface area contributed by atoms with Gasteiger partial charge in [-0.3, -0.25) is 4.79 Å². The summed E-state index contributed by atoms with van der Waals surface area (Å²) in [7, 11) is 1.67. The highest BCUT2D eigenvalue weighted by molar-refractivity contribution is 5.84. The van der Waals surface area contributed by atoms with E-state index in [0.29, 0.717) is 6.54 Å².